The molecule has 12 rings (SSSR count). The van der Waals surface area contributed by atoms with Crippen LogP contribution < -0.4 is 0 Å². The van der Waals surface area contributed by atoms with Crippen molar-refractivity contribution in [3.05, 3.63) is 238 Å². The summed E-state index contributed by atoms with van der Waals surface area (Å²) in [5, 5.41) is 9.24. The first-order valence-electron chi connectivity index (χ1n) is 28.3. The fourth-order valence-electron chi connectivity index (χ4n) is 12.2. The highest BCUT2D eigenvalue weighted by molar-refractivity contribution is 6.13. The van der Waals surface area contributed by atoms with Gasteiger partial charge in [0.1, 0.15) is 0 Å². The molecule has 0 aliphatic carbocycles. The molecule has 3 nitrogen and oxygen atoms in total. The maximum Gasteiger partial charge on any atom is 0.418 e. The maximum absolute atomic E-state index is 16.9. The lowest BCUT2D eigenvalue weighted by molar-refractivity contribution is -0.144. The number of nitriles is 1. The second-order valence-corrected chi connectivity index (χ2v) is 22.7. The molecule has 0 aliphatic heterocycles. The number of nitrogens with zero attached hydrogens (tertiary/aromatic N) is 3. The monoisotopic (exact) mass is 1430 g/mol. The molecule has 0 aliphatic rings. The molecule has 0 fully saturated rings. The molecular weight excluding hydrogens is 1400 g/mol. The Morgan fingerprint density at radius 1 is 0.230 bits per heavy atom. The molecule has 0 saturated carbocycles. The third-order valence-corrected chi connectivity index (χ3v) is 16.6. The lowest BCUT2D eigenvalue weighted by atomic mass is 9.95. The van der Waals surface area contributed by atoms with Gasteiger partial charge in [0.05, 0.1) is 95.1 Å². The maximum atomic E-state index is 16.9. The Hall–Kier alpha value is -10.6. The molecule has 0 amide bonds. The molecule has 0 spiro atoms. The van der Waals surface area contributed by atoms with Crippen molar-refractivity contribution in [2.24, 2.45) is 0 Å². The zero-order valence-electron chi connectivity index (χ0n) is 48.9. The lowest BCUT2D eigenvalue weighted by Gasteiger charge is -2.23. The number of alkyl halides is 27. The molecule has 0 radical (unpaired) electrons. The molecule has 514 valence electrons. The minimum absolute atomic E-state index is 0.214. The van der Waals surface area contributed by atoms with Crippen LogP contribution in [-0.4, -0.2) is 9.13 Å². The van der Waals surface area contributed by atoms with E-state index in [0.29, 0.717) is 41.0 Å². The Kier molecular flexibility index (Phi) is 16.1. The van der Waals surface area contributed by atoms with Crippen molar-refractivity contribution in [3.63, 3.8) is 0 Å². The summed E-state index contributed by atoms with van der Waals surface area (Å²) < 4.78 is 400. The quantitative estimate of drug-likeness (QED) is 0.146. The van der Waals surface area contributed by atoms with Crippen LogP contribution in [0.2, 0.25) is 0 Å². The van der Waals surface area contributed by atoms with E-state index in [1.54, 1.807) is 6.07 Å². The van der Waals surface area contributed by atoms with Crippen molar-refractivity contribution in [1.29, 1.82) is 5.26 Å². The number of hydrogen-bond donors (Lipinski definition) is 0. The second-order valence-electron chi connectivity index (χ2n) is 22.7. The van der Waals surface area contributed by atoms with Crippen LogP contribution in [0.4, 0.5) is 119 Å². The van der Waals surface area contributed by atoms with Crippen molar-refractivity contribution < 1.29 is 119 Å². The Bertz CT molecular complexity index is 5100. The normalized spacial score (nSPS) is 13.3. The highest BCUT2D eigenvalue weighted by Gasteiger charge is 2.44. The van der Waals surface area contributed by atoms with E-state index in [1.807, 2.05) is 0 Å². The van der Waals surface area contributed by atoms with Crippen LogP contribution in [0.3, 0.4) is 0 Å². The minimum atomic E-state index is -5.85. The molecule has 30 heteroatoms. The van der Waals surface area contributed by atoms with E-state index in [9.17, 15) is 111 Å². The third-order valence-electron chi connectivity index (χ3n) is 16.6. The number of hydrogen-bond acceptors (Lipinski definition) is 1. The molecule has 100 heavy (non-hydrogen) atoms. The summed E-state index contributed by atoms with van der Waals surface area (Å²) in [7, 11) is 0. The summed E-state index contributed by atoms with van der Waals surface area (Å²) in [6.45, 7) is 0. The predicted octanol–water partition coefficient (Wildman–Crippen LogP) is 25.3. The number of fused-ring (bicyclic) bond motifs is 6. The highest BCUT2D eigenvalue weighted by Crippen LogP contribution is 2.52. The molecule has 0 N–H and O–H groups in total. The molecule has 2 heterocycles. The van der Waals surface area contributed by atoms with Crippen molar-refractivity contribution in [1.82, 2.24) is 9.13 Å². The summed E-state index contributed by atoms with van der Waals surface area (Å²) in [5.74, 6) is 0. The van der Waals surface area contributed by atoms with E-state index >= 15 is 13.2 Å². The van der Waals surface area contributed by atoms with E-state index in [1.165, 1.54) is 0 Å². The first kappa shape index (κ1) is 69.3. The standard InChI is InChI=1S/C70H30F27N3/c71-62(72,73)38-8-16-42(51(25-38)66(83,84)85)34-4-12-46-47-13-5-35(43-17-9-39(63(74,75)76)26-52(43)67(86,87)88)22-57(47)99(56(46)21-34)60-30-55(70(95,96)97)61(29-50(60)33-3-1-2-32(20-33)31-98)100-58-23-36(44-18-10-40(64(77,78)79)27-53(44)68(89,90)91)6-14-48(58)49-15-7-37(24-59(49)100)45-19-11-41(65(80,81)82)28-54(45)69(92,93)94/h1-30H. The topological polar surface area (TPSA) is 33.6 Å². The van der Waals surface area contributed by atoms with Crippen molar-refractivity contribution in [3.8, 4) is 73.1 Å². The summed E-state index contributed by atoms with van der Waals surface area (Å²) in [6, 6.07) is 19.4. The van der Waals surface area contributed by atoms with Crippen LogP contribution in [-0.2, 0) is 55.6 Å². The second kappa shape index (κ2) is 23.3. The van der Waals surface area contributed by atoms with Gasteiger partial charge in [-0.15, -0.1) is 0 Å². The minimum Gasteiger partial charge on any atom is -0.309 e. The molecule has 0 bridgehead atoms. The van der Waals surface area contributed by atoms with Gasteiger partial charge in [0.25, 0.3) is 0 Å². The molecule has 10 aromatic carbocycles. The van der Waals surface area contributed by atoms with Gasteiger partial charge >= 0.3 is 55.6 Å². The molecule has 0 atom stereocenters. The lowest BCUT2D eigenvalue weighted by Crippen LogP contribution is -2.14. The number of rotatable bonds is 7. The summed E-state index contributed by atoms with van der Waals surface area (Å²) in [5.41, 5.74) is -29.3. The van der Waals surface area contributed by atoms with E-state index in [0.717, 1.165) is 102 Å². The van der Waals surface area contributed by atoms with Crippen LogP contribution in [0.5, 0.6) is 0 Å². The number of aromatic nitrogens is 2. The fraction of sp³-hybridized carbons (Fsp3) is 0.129. The Morgan fingerprint density at radius 3 is 0.760 bits per heavy atom. The first-order chi connectivity index (χ1) is 46.2. The van der Waals surface area contributed by atoms with Crippen molar-refractivity contribution in [2.75, 3.05) is 0 Å². The van der Waals surface area contributed by atoms with Crippen LogP contribution in [0.1, 0.15) is 55.6 Å². The smallest absolute Gasteiger partial charge is 0.309 e. The van der Waals surface area contributed by atoms with Crippen molar-refractivity contribution in [2.45, 2.75) is 55.6 Å². The molecular formula is C70H30F27N3. The van der Waals surface area contributed by atoms with Gasteiger partial charge in [0.15, 0.2) is 0 Å². The van der Waals surface area contributed by atoms with Crippen LogP contribution in [0.25, 0.3) is 111 Å². The predicted molar refractivity (Wildman–Crippen MR) is 312 cm³/mol. The van der Waals surface area contributed by atoms with Gasteiger partial charge in [-0.05, 0) is 147 Å². The molecule has 2 aromatic heterocycles. The number of halogens is 27. The average molecular weight is 1430 g/mol. The highest BCUT2D eigenvalue weighted by atomic mass is 19.4. The Balaban J connectivity index is 1.26. The molecule has 12 aromatic rings. The van der Waals surface area contributed by atoms with E-state index in [4.69, 9.17) is 0 Å². The summed E-state index contributed by atoms with van der Waals surface area (Å²) in [6.07, 6.45) is -49.9. The zero-order chi connectivity index (χ0) is 72.9. The van der Waals surface area contributed by atoms with Gasteiger partial charge in [-0.25, -0.2) is 0 Å². The van der Waals surface area contributed by atoms with E-state index in [-0.39, 0.29) is 81.2 Å². The van der Waals surface area contributed by atoms with Gasteiger partial charge in [-0.1, -0.05) is 84.9 Å². The number of benzene rings is 10. The van der Waals surface area contributed by atoms with Crippen molar-refractivity contribution >= 4 is 43.6 Å². The largest absolute Gasteiger partial charge is 0.418 e. The van der Waals surface area contributed by atoms with Gasteiger partial charge in [0, 0.05) is 27.1 Å². The first-order valence-corrected chi connectivity index (χ1v) is 28.3. The fourth-order valence-corrected chi connectivity index (χ4v) is 12.2. The SMILES string of the molecule is N#Cc1cccc(-c2cc(-n3c4cc(-c5ccc(C(F)(F)F)cc5C(F)(F)F)ccc4c4ccc(-c5ccc(C(F)(F)F)cc5C(F)(F)F)cc43)c(C(F)(F)F)cc2-n2c3cc(-c4ccc(C(F)(F)F)cc4C(F)(F)F)ccc3c3ccc(-c4ccc(C(F)(F)F)cc4C(F)(F)F)cc32)c1. The Morgan fingerprint density at radius 2 is 0.500 bits per heavy atom. The van der Waals surface area contributed by atoms with Gasteiger partial charge < -0.3 is 9.13 Å². The van der Waals surface area contributed by atoms with Gasteiger partial charge in [0.2, 0.25) is 0 Å². The van der Waals surface area contributed by atoms with Gasteiger partial charge in [-0.3, -0.25) is 0 Å². The molecule has 0 unspecified atom stereocenters. The average Bonchev–Trinajstić information content (AvgIpc) is 1.53. The molecule has 0 saturated heterocycles. The van der Waals surface area contributed by atoms with Crippen LogP contribution in [0.15, 0.2) is 182 Å². The summed E-state index contributed by atoms with van der Waals surface area (Å²) >= 11 is 0. The summed E-state index contributed by atoms with van der Waals surface area (Å²) in [4.78, 5) is 0. The van der Waals surface area contributed by atoms with E-state index < -0.39 is 189 Å². The zero-order valence-corrected chi connectivity index (χ0v) is 48.9. The Labute approximate surface area is 541 Å². The van der Waals surface area contributed by atoms with E-state index in [2.05, 4.69) is 0 Å². The third kappa shape index (κ3) is 12.6. The van der Waals surface area contributed by atoms with Crippen LogP contribution >= 0.6 is 0 Å². The van der Waals surface area contributed by atoms with Crippen LogP contribution in [0, 0.1) is 11.3 Å². The van der Waals surface area contributed by atoms with Gasteiger partial charge in [-0.2, -0.15) is 124 Å².